The summed E-state index contributed by atoms with van der Waals surface area (Å²) in [6.45, 7) is 11.3. The summed E-state index contributed by atoms with van der Waals surface area (Å²) in [6.07, 6.45) is 2.42. The van der Waals surface area contributed by atoms with Crippen molar-refractivity contribution in [1.29, 1.82) is 0 Å². The first kappa shape index (κ1) is 21.3. The van der Waals surface area contributed by atoms with Gasteiger partial charge in [0.25, 0.3) is 0 Å². The molecule has 1 saturated heterocycles. The number of carbonyl (C=O) groups excluding carboxylic acids is 1. The van der Waals surface area contributed by atoms with Gasteiger partial charge in [0.1, 0.15) is 5.82 Å². The Labute approximate surface area is 191 Å². The average molecular weight is 434 g/mol. The monoisotopic (exact) mass is 433 g/mol. The Kier molecular flexibility index (Phi) is 5.58. The number of hydrogen-bond donors (Lipinski definition) is 2. The highest BCUT2D eigenvalue weighted by molar-refractivity contribution is 5.94. The number of piperazine rings is 1. The third-order valence-corrected chi connectivity index (χ3v) is 7.34. The number of carbonyl (C=O) groups is 1. The van der Waals surface area contributed by atoms with E-state index in [0.29, 0.717) is 17.9 Å². The van der Waals surface area contributed by atoms with Crippen LogP contribution >= 0.6 is 0 Å². The second-order valence-corrected chi connectivity index (χ2v) is 9.91. The number of benzene rings is 1. The first-order valence-electron chi connectivity index (χ1n) is 12.0. The maximum Gasteiger partial charge on any atom is 0.224 e. The van der Waals surface area contributed by atoms with Gasteiger partial charge in [-0.15, -0.1) is 0 Å². The second kappa shape index (κ2) is 8.39. The fraction of sp³-hybridized carbons (Fsp3) is 0.538. The minimum atomic E-state index is 0.112. The van der Waals surface area contributed by atoms with Gasteiger partial charge in [-0.05, 0) is 62.9 Å². The highest BCUT2D eigenvalue weighted by atomic mass is 16.2. The number of amides is 1. The molecule has 2 N–H and O–H groups in total. The normalized spacial score (nSPS) is 27.8. The lowest BCUT2D eigenvalue weighted by atomic mass is 9.79. The molecule has 1 aliphatic carbocycles. The topological polar surface area (TPSA) is 60.5 Å². The Balaban J connectivity index is 1.58. The standard InChI is InChI=1S/C26H35N5O/c1-16-6-5-7-24(28-16)29-25-18(3)26(20-8-9-20)31(19(4)32)23-11-10-21(14-22(23)25)30-13-12-27-17(2)15-30/h5-7,10-11,14,17-18,20,25-27H,8-9,12-13,15H2,1-4H3,(H,28,29)/t17?,18-,25?,26?/m1/s1. The molecule has 1 saturated carbocycles. The number of hydrogen-bond acceptors (Lipinski definition) is 5. The molecule has 5 rings (SSSR count). The second-order valence-electron chi connectivity index (χ2n) is 9.91. The first-order valence-corrected chi connectivity index (χ1v) is 12.0. The number of aromatic nitrogens is 1. The molecule has 6 heteroatoms. The summed E-state index contributed by atoms with van der Waals surface area (Å²) in [5.74, 6) is 1.93. The average Bonchev–Trinajstić information content (AvgIpc) is 3.60. The summed E-state index contributed by atoms with van der Waals surface area (Å²) >= 11 is 0. The molecule has 32 heavy (non-hydrogen) atoms. The van der Waals surface area contributed by atoms with Crippen molar-refractivity contribution in [1.82, 2.24) is 10.3 Å². The van der Waals surface area contributed by atoms with Crippen molar-refractivity contribution in [3.8, 4) is 0 Å². The van der Waals surface area contributed by atoms with Crippen molar-refractivity contribution >= 4 is 23.1 Å². The van der Waals surface area contributed by atoms with E-state index in [0.717, 1.165) is 36.8 Å². The molecule has 3 unspecified atom stereocenters. The van der Waals surface area contributed by atoms with Gasteiger partial charge in [0.2, 0.25) is 5.91 Å². The molecule has 0 bridgehead atoms. The maximum atomic E-state index is 12.9. The summed E-state index contributed by atoms with van der Waals surface area (Å²) in [6, 6.07) is 13.6. The summed E-state index contributed by atoms with van der Waals surface area (Å²) in [7, 11) is 0. The predicted octanol–water partition coefficient (Wildman–Crippen LogP) is 4.12. The number of fused-ring (bicyclic) bond motifs is 1. The lowest BCUT2D eigenvalue weighted by molar-refractivity contribution is -0.117. The zero-order chi connectivity index (χ0) is 22.4. The van der Waals surface area contributed by atoms with E-state index >= 15 is 0 Å². The van der Waals surface area contributed by atoms with Crippen LogP contribution in [0.15, 0.2) is 36.4 Å². The van der Waals surface area contributed by atoms with E-state index < -0.39 is 0 Å². The Bertz CT molecular complexity index is 1000. The van der Waals surface area contributed by atoms with Gasteiger partial charge in [-0.1, -0.05) is 13.0 Å². The quantitative estimate of drug-likeness (QED) is 0.760. The molecule has 1 aromatic carbocycles. The first-order chi connectivity index (χ1) is 15.4. The van der Waals surface area contributed by atoms with Gasteiger partial charge in [0, 0.05) is 67.2 Å². The van der Waals surface area contributed by atoms with Crippen LogP contribution in [0.25, 0.3) is 0 Å². The molecule has 4 atom stereocenters. The summed E-state index contributed by atoms with van der Waals surface area (Å²) in [5, 5.41) is 7.29. The molecule has 6 nitrogen and oxygen atoms in total. The molecule has 170 valence electrons. The van der Waals surface area contributed by atoms with Crippen molar-refractivity contribution in [2.75, 3.05) is 34.8 Å². The highest BCUT2D eigenvalue weighted by Gasteiger charge is 2.47. The molecular weight excluding hydrogens is 398 g/mol. The molecule has 2 fully saturated rings. The molecule has 0 radical (unpaired) electrons. The van der Waals surface area contributed by atoms with Crippen LogP contribution in [0.2, 0.25) is 0 Å². The molecule has 1 amide bonds. The van der Waals surface area contributed by atoms with E-state index in [9.17, 15) is 4.79 Å². The Morgan fingerprint density at radius 2 is 2.00 bits per heavy atom. The van der Waals surface area contributed by atoms with Crippen molar-refractivity contribution in [2.45, 2.75) is 58.7 Å². The van der Waals surface area contributed by atoms with Gasteiger partial charge in [-0.3, -0.25) is 4.79 Å². The third kappa shape index (κ3) is 3.96. The van der Waals surface area contributed by atoms with Crippen molar-refractivity contribution in [2.24, 2.45) is 11.8 Å². The molecule has 1 aromatic heterocycles. The van der Waals surface area contributed by atoms with Crippen LogP contribution in [0.3, 0.4) is 0 Å². The lowest BCUT2D eigenvalue weighted by Crippen LogP contribution is -2.51. The van der Waals surface area contributed by atoms with Gasteiger partial charge in [0.05, 0.1) is 6.04 Å². The maximum absolute atomic E-state index is 12.9. The van der Waals surface area contributed by atoms with Gasteiger partial charge in [0.15, 0.2) is 0 Å². The third-order valence-electron chi connectivity index (χ3n) is 7.34. The molecule has 2 aliphatic heterocycles. The van der Waals surface area contributed by atoms with Crippen LogP contribution in [0.1, 0.15) is 50.9 Å². The van der Waals surface area contributed by atoms with Crippen LogP contribution in [0.5, 0.6) is 0 Å². The number of anilines is 3. The zero-order valence-corrected chi connectivity index (χ0v) is 19.6. The van der Waals surface area contributed by atoms with E-state index in [-0.39, 0.29) is 18.0 Å². The van der Waals surface area contributed by atoms with E-state index in [1.165, 1.54) is 24.1 Å². The number of rotatable bonds is 4. The number of nitrogens with one attached hydrogen (secondary N) is 2. The number of aryl methyl sites for hydroxylation is 1. The molecule has 0 spiro atoms. The van der Waals surface area contributed by atoms with Gasteiger partial charge >= 0.3 is 0 Å². The predicted molar refractivity (Wildman–Crippen MR) is 130 cm³/mol. The molecule has 2 aromatic rings. The summed E-state index contributed by atoms with van der Waals surface area (Å²) < 4.78 is 0. The van der Waals surface area contributed by atoms with E-state index in [1.54, 1.807) is 6.92 Å². The smallest absolute Gasteiger partial charge is 0.224 e. The highest BCUT2D eigenvalue weighted by Crippen LogP contribution is 2.50. The minimum absolute atomic E-state index is 0.112. The van der Waals surface area contributed by atoms with Crippen molar-refractivity contribution in [3.63, 3.8) is 0 Å². The van der Waals surface area contributed by atoms with Gasteiger partial charge in [-0.25, -0.2) is 4.98 Å². The van der Waals surface area contributed by atoms with Crippen molar-refractivity contribution < 1.29 is 4.79 Å². The van der Waals surface area contributed by atoms with Crippen LogP contribution in [-0.2, 0) is 4.79 Å². The Morgan fingerprint density at radius 1 is 1.19 bits per heavy atom. The Hall–Kier alpha value is -2.60. The van der Waals surface area contributed by atoms with Crippen LogP contribution in [0, 0.1) is 18.8 Å². The summed E-state index contributed by atoms with van der Waals surface area (Å²) in [4.78, 5) is 22.1. The Morgan fingerprint density at radius 3 is 2.69 bits per heavy atom. The fourth-order valence-electron chi connectivity index (χ4n) is 5.70. The number of pyridine rings is 1. The molecular formula is C26H35N5O. The van der Waals surface area contributed by atoms with Crippen molar-refractivity contribution in [3.05, 3.63) is 47.7 Å². The van der Waals surface area contributed by atoms with Crippen LogP contribution in [-0.4, -0.2) is 42.6 Å². The minimum Gasteiger partial charge on any atom is -0.369 e. The van der Waals surface area contributed by atoms with Gasteiger partial charge < -0.3 is 20.4 Å². The van der Waals surface area contributed by atoms with Crippen LogP contribution in [0.4, 0.5) is 17.2 Å². The van der Waals surface area contributed by atoms with E-state index in [4.69, 9.17) is 4.98 Å². The lowest BCUT2D eigenvalue weighted by Gasteiger charge is -2.46. The van der Waals surface area contributed by atoms with E-state index in [1.807, 2.05) is 19.1 Å². The van der Waals surface area contributed by atoms with Gasteiger partial charge in [-0.2, -0.15) is 0 Å². The fourth-order valence-corrected chi connectivity index (χ4v) is 5.70. The summed E-state index contributed by atoms with van der Waals surface area (Å²) in [5.41, 5.74) is 4.51. The largest absolute Gasteiger partial charge is 0.369 e. The van der Waals surface area contributed by atoms with Crippen LogP contribution < -0.4 is 20.4 Å². The zero-order valence-electron chi connectivity index (χ0n) is 19.6. The molecule has 3 heterocycles. The van der Waals surface area contributed by atoms with E-state index in [2.05, 4.69) is 58.5 Å². The molecule has 3 aliphatic rings. The SMILES string of the molecule is CC(=O)N1c2ccc(N3CCNC(C)C3)cc2C(Nc2cccc(C)n2)[C@@H](C)C1C1CC1. The number of nitrogens with zero attached hydrogens (tertiary/aromatic N) is 3.